The van der Waals surface area contributed by atoms with Crippen LogP contribution in [0.5, 0.6) is 5.75 Å². The summed E-state index contributed by atoms with van der Waals surface area (Å²) in [6.07, 6.45) is 1.44. The molecule has 0 fully saturated rings. The zero-order valence-electron chi connectivity index (χ0n) is 10.8. The minimum Gasteiger partial charge on any atom is -0.486 e. The average molecular weight is 261 g/mol. The maximum Gasteiger partial charge on any atom is 0.341 e. The fourth-order valence-electron chi connectivity index (χ4n) is 1.61. The minimum atomic E-state index is -0.433. The number of furan rings is 1. The van der Waals surface area contributed by atoms with Crippen molar-refractivity contribution in [1.82, 2.24) is 0 Å². The topological polar surface area (TPSA) is 60.7 Å². The van der Waals surface area contributed by atoms with E-state index in [1.165, 1.54) is 13.4 Å². The Balaban J connectivity index is 2.02. The quantitative estimate of drug-likeness (QED) is 0.838. The first-order valence-electron chi connectivity index (χ1n) is 5.80. The van der Waals surface area contributed by atoms with E-state index in [0.29, 0.717) is 17.1 Å². The van der Waals surface area contributed by atoms with Crippen molar-refractivity contribution in [3.05, 3.63) is 47.9 Å². The lowest BCUT2D eigenvalue weighted by atomic mass is 10.2. The van der Waals surface area contributed by atoms with Gasteiger partial charge in [0.15, 0.2) is 5.76 Å². The van der Waals surface area contributed by atoms with E-state index in [1.807, 2.05) is 31.3 Å². The first kappa shape index (κ1) is 13.0. The van der Waals surface area contributed by atoms with E-state index in [-0.39, 0.29) is 6.61 Å². The number of benzene rings is 1. The van der Waals surface area contributed by atoms with E-state index in [1.54, 1.807) is 6.07 Å². The molecule has 0 saturated carbocycles. The minimum absolute atomic E-state index is 0.177. The standard InChI is InChI=1S/C14H15NO4/c1-15-10-3-5-11(6-4-10)19-9-13-12(7-8-18-13)14(16)17-2/h3-8,15H,9H2,1-2H3. The third kappa shape index (κ3) is 3.07. The van der Waals surface area contributed by atoms with Gasteiger partial charge in [0.25, 0.3) is 0 Å². The Labute approximate surface area is 111 Å². The number of hydrogen-bond acceptors (Lipinski definition) is 5. The smallest absolute Gasteiger partial charge is 0.341 e. The zero-order valence-corrected chi connectivity index (χ0v) is 10.8. The largest absolute Gasteiger partial charge is 0.486 e. The lowest BCUT2D eigenvalue weighted by molar-refractivity contribution is 0.0595. The van der Waals surface area contributed by atoms with E-state index in [4.69, 9.17) is 9.15 Å². The highest BCUT2D eigenvalue weighted by Gasteiger charge is 2.15. The molecule has 1 heterocycles. The number of rotatable bonds is 5. The van der Waals surface area contributed by atoms with Crippen LogP contribution in [0.25, 0.3) is 0 Å². The molecular formula is C14H15NO4. The van der Waals surface area contributed by atoms with Crippen LogP contribution in [0.3, 0.4) is 0 Å². The molecule has 19 heavy (non-hydrogen) atoms. The highest BCUT2D eigenvalue weighted by molar-refractivity contribution is 5.90. The summed E-state index contributed by atoms with van der Waals surface area (Å²) < 4.78 is 15.4. The molecular weight excluding hydrogens is 246 g/mol. The van der Waals surface area contributed by atoms with Gasteiger partial charge in [0, 0.05) is 12.7 Å². The number of nitrogens with one attached hydrogen (secondary N) is 1. The summed E-state index contributed by atoms with van der Waals surface area (Å²) >= 11 is 0. The van der Waals surface area contributed by atoms with Crippen LogP contribution >= 0.6 is 0 Å². The Kier molecular flexibility index (Phi) is 4.07. The molecule has 2 rings (SSSR count). The monoisotopic (exact) mass is 261 g/mol. The Bertz CT molecular complexity index is 545. The third-order valence-electron chi connectivity index (χ3n) is 2.66. The molecule has 0 unspecified atom stereocenters. The van der Waals surface area contributed by atoms with Crippen LogP contribution in [0.4, 0.5) is 5.69 Å². The molecule has 1 N–H and O–H groups in total. The van der Waals surface area contributed by atoms with Gasteiger partial charge in [-0.05, 0) is 30.3 Å². The first-order valence-corrected chi connectivity index (χ1v) is 5.80. The summed E-state index contributed by atoms with van der Waals surface area (Å²) in [7, 11) is 3.18. The molecule has 5 heteroatoms. The summed E-state index contributed by atoms with van der Waals surface area (Å²) in [5, 5.41) is 3.02. The lowest BCUT2D eigenvalue weighted by Crippen LogP contribution is -2.05. The zero-order chi connectivity index (χ0) is 13.7. The fraction of sp³-hybridized carbons (Fsp3) is 0.214. The van der Waals surface area contributed by atoms with Gasteiger partial charge in [-0.25, -0.2) is 4.79 Å². The Hall–Kier alpha value is -2.43. The van der Waals surface area contributed by atoms with Gasteiger partial charge in [-0.2, -0.15) is 0 Å². The van der Waals surface area contributed by atoms with E-state index in [9.17, 15) is 4.79 Å². The van der Waals surface area contributed by atoms with Crippen molar-refractivity contribution in [1.29, 1.82) is 0 Å². The predicted octanol–water partition coefficient (Wildman–Crippen LogP) is 2.69. The van der Waals surface area contributed by atoms with Gasteiger partial charge in [-0.15, -0.1) is 0 Å². The van der Waals surface area contributed by atoms with Crippen molar-refractivity contribution in [3.8, 4) is 5.75 Å². The molecule has 2 aromatic rings. The summed E-state index contributed by atoms with van der Waals surface area (Å²) in [5.41, 5.74) is 1.38. The third-order valence-corrected chi connectivity index (χ3v) is 2.66. The number of ether oxygens (including phenoxy) is 2. The second-order valence-electron chi connectivity index (χ2n) is 3.81. The Morgan fingerprint density at radius 3 is 2.63 bits per heavy atom. The van der Waals surface area contributed by atoms with Crippen molar-refractivity contribution in [2.24, 2.45) is 0 Å². The van der Waals surface area contributed by atoms with Crippen LogP contribution in [-0.2, 0) is 11.3 Å². The number of carbonyl (C=O) groups excluding carboxylic acids is 1. The van der Waals surface area contributed by atoms with E-state index < -0.39 is 5.97 Å². The van der Waals surface area contributed by atoms with Crippen molar-refractivity contribution < 1.29 is 18.7 Å². The molecule has 0 aliphatic heterocycles. The van der Waals surface area contributed by atoms with Crippen LogP contribution in [-0.4, -0.2) is 20.1 Å². The Morgan fingerprint density at radius 1 is 1.26 bits per heavy atom. The fourth-order valence-corrected chi connectivity index (χ4v) is 1.61. The van der Waals surface area contributed by atoms with E-state index in [0.717, 1.165) is 5.69 Å². The van der Waals surface area contributed by atoms with Crippen molar-refractivity contribution in [3.63, 3.8) is 0 Å². The number of carbonyl (C=O) groups is 1. The van der Waals surface area contributed by atoms with E-state index >= 15 is 0 Å². The SMILES string of the molecule is CNc1ccc(OCc2occc2C(=O)OC)cc1. The van der Waals surface area contributed by atoms with Gasteiger partial charge in [-0.1, -0.05) is 0 Å². The van der Waals surface area contributed by atoms with Crippen LogP contribution < -0.4 is 10.1 Å². The maximum absolute atomic E-state index is 11.4. The molecule has 0 aliphatic rings. The number of esters is 1. The molecule has 0 aliphatic carbocycles. The summed E-state index contributed by atoms with van der Waals surface area (Å²) in [6, 6.07) is 9.05. The molecule has 0 bridgehead atoms. The highest BCUT2D eigenvalue weighted by atomic mass is 16.5. The van der Waals surface area contributed by atoms with Crippen molar-refractivity contribution in [2.75, 3.05) is 19.5 Å². The number of anilines is 1. The molecule has 0 saturated heterocycles. The van der Waals surface area contributed by atoms with Gasteiger partial charge in [0.1, 0.15) is 17.9 Å². The average Bonchev–Trinajstić information content (AvgIpc) is 2.93. The number of methoxy groups -OCH3 is 1. The molecule has 1 aromatic heterocycles. The van der Waals surface area contributed by atoms with Gasteiger partial charge >= 0.3 is 5.97 Å². The summed E-state index contributed by atoms with van der Waals surface area (Å²) in [4.78, 5) is 11.4. The predicted molar refractivity (Wildman–Crippen MR) is 70.4 cm³/mol. The second kappa shape index (κ2) is 5.95. The molecule has 0 radical (unpaired) electrons. The summed E-state index contributed by atoms with van der Waals surface area (Å²) in [6.45, 7) is 0.177. The summed E-state index contributed by atoms with van der Waals surface area (Å²) in [5.74, 6) is 0.716. The Morgan fingerprint density at radius 2 is 2.00 bits per heavy atom. The molecule has 1 aromatic carbocycles. The van der Waals surface area contributed by atoms with Crippen molar-refractivity contribution >= 4 is 11.7 Å². The van der Waals surface area contributed by atoms with Crippen LogP contribution in [0.1, 0.15) is 16.1 Å². The van der Waals surface area contributed by atoms with Crippen LogP contribution in [0.2, 0.25) is 0 Å². The van der Waals surface area contributed by atoms with Crippen LogP contribution in [0, 0.1) is 0 Å². The molecule has 0 atom stereocenters. The molecule has 0 spiro atoms. The van der Waals surface area contributed by atoms with E-state index in [2.05, 4.69) is 10.1 Å². The van der Waals surface area contributed by atoms with Gasteiger partial charge in [0.2, 0.25) is 0 Å². The number of hydrogen-bond donors (Lipinski definition) is 1. The van der Waals surface area contributed by atoms with Gasteiger partial charge in [-0.3, -0.25) is 0 Å². The molecule has 5 nitrogen and oxygen atoms in total. The highest BCUT2D eigenvalue weighted by Crippen LogP contribution is 2.18. The molecule has 100 valence electrons. The lowest BCUT2D eigenvalue weighted by Gasteiger charge is -2.06. The normalized spacial score (nSPS) is 10.0. The first-order chi connectivity index (χ1) is 9.24. The van der Waals surface area contributed by atoms with Gasteiger partial charge < -0.3 is 19.2 Å². The van der Waals surface area contributed by atoms with Crippen molar-refractivity contribution in [2.45, 2.75) is 6.61 Å². The van der Waals surface area contributed by atoms with Crippen LogP contribution in [0.15, 0.2) is 41.0 Å². The maximum atomic E-state index is 11.4. The second-order valence-corrected chi connectivity index (χ2v) is 3.81. The van der Waals surface area contributed by atoms with Gasteiger partial charge in [0.05, 0.1) is 13.4 Å². The molecule has 0 amide bonds.